The molecule has 0 aliphatic rings. The van der Waals surface area contributed by atoms with Crippen LogP contribution >= 0.6 is 0 Å². The number of nitrogens with zero attached hydrogens (tertiary/aromatic N) is 2. The number of nitriles is 1. The topological polar surface area (TPSA) is 77.1 Å². The number of pyridine rings is 1. The molecule has 0 aliphatic carbocycles. The van der Waals surface area contributed by atoms with Crippen molar-refractivity contribution in [3.63, 3.8) is 0 Å². The Morgan fingerprint density at radius 2 is 2.18 bits per heavy atom. The molecular formula is C7H6N2O2. The first-order valence-corrected chi connectivity index (χ1v) is 2.95. The second-order valence-corrected chi connectivity index (χ2v) is 2.07. The Labute approximate surface area is 63.4 Å². The van der Waals surface area contributed by atoms with Crippen LogP contribution in [0.5, 0.6) is 11.6 Å². The molecule has 11 heavy (non-hydrogen) atoms. The molecular weight excluding hydrogens is 144 g/mol. The number of aromatic hydroxyl groups is 2. The summed E-state index contributed by atoms with van der Waals surface area (Å²) in [7, 11) is 0. The first-order chi connectivity index (χ1) is 5.15. The van der Waals surface area contributed by atoms with Gasteiger partial charge in [-0.1, -0.05) is 0 Å². The van der Waals surface area contributed by atoms with Gasteiger partial charge in [0.1, 0.15) is 17.4 Å². The van der Waals surface area contributed by atoms with E-state index < -0.39 is 0 Å². The summed E-state index contributed by atoms with van der Waals surface area (Å²) in [5.74, 6) is -0.517. The van der Waals surface area contributed by atoms with E-state index in [0.717, 1.165) is 6.07 Å². The van der Waals surface area contributed by atoms with Gasteiger partial charge in [0.05, 0.1) is 5.69 Å². The number of aryl methyl sites for hydroxylation is 1. The van der Waals surface area contributed by atoms with Crippen molar-refractivity contribution in [3.8, 4) is 17.7 Å². The van der Waals surface area contributed by atoms with Crippen molar-refractivity contribution in [3.05, 3.63) is 17.3 Å². The third kappa shape index (κ3) is 1.22. The largest absolute Gasteiger partial charge is 0.506 e. The molecule has 1 aromatic rings. The molecule has 0 aliphatic heterocycles. The number of hydrogen-bond donors (Lipinski definition) is 2. The molecule has 0 fully saturated rings. The number of hydrogen-bond acceptors (Lipinski definition) is 4. The maximum absolute atomic E-state index is 9.05. The van der Waals surface area contributed by atoms with Crippen molar-refractivity contribution in [2.45, 2.75) is 6.92 Å². The lowest BCUT2D eigenvalue weighted by molar-refractivity contribution is 0.432. The normalized spacial score (nSPS) is 9.09. The van der Waals surface area contributed by atoms with Crippen LogP contribution in [0.4, 0.5) is 0 Å². The monoisotopic (exact) mass is 150 g/mol. The fraction of sp³-hybridized carbons (Fsp3) is 0.143. The van der Waals surface area contributed by atoms with Crippen LogP contribution in [-0.4, -0.2) is 15.2 Å². The molecule has 1 aromatic heterocycles. The smallest absolute Gasteiger partial charge is 0.214 e. The zero-order valence-corrected chi connectivity index (χ0v) is 5.87. The molecule has 0 aromatic carbocycles. The lowest BCUT2D eigenvalue weighted by atomic mass is 10.2. The Bertz CT molecular complexity index is 305. The average molecular weight is 150 g/mol. The van der Waals surface area contributed by atoms with Crippen LogP contribution in [0.3, 0.4) is 0 Å². The Morgan fingerprint density at radius 1 is 1.55 bits per heavy atom. The molecule has 2 N–H and O–H groups in total. The minimum Gasteiger partial charge on any atom is -0.506 e. The van der Waals surface area contributed by atoms with Crippen molar-refractivity contribution < 1.29 is 10.2 Å². The van der Waals surface area contributed by atoms with Crippen molar-refractivity contribution in [1.29, 1.82) is 5.26 Å². The van der Waals surface area contributed by atoms with E-state index >= 15 is 0 Å². The van der Waals surface area contributed by atoms with Gasteiger partial charge in [-0.15, -0.1) is 0 Å². The van der Waals surface area contributed by atoms with Gasteiger partial charge in [-0.05, 0) is 6.92 Å². The maximum Gasteiger partial charge on any atom is 0.214 e. The van der Waals surface area contributed by atoms with Gasteiger partial charge in [0.2, 0.25) is 5.88 Å². The van der Waals surface area contributed by atoms with Crippen molar-refractivity contribution >= 4 is 0 Å². The third-order valence-electron chi connectivity index (χ3n) is 1.28. The third-order valence-corrected chi connectivity index (χ3v) is 1.28. The molecule has 1 heterocycles. The van der Waals surface area contributed by atoms with Crippen LogP contribution in [0.2, 0.25) is 0 Å². The predicted octanol–water partition coefficient (Wildman–Crippen LogP) is 0.673. The van der Waals surface area contributed by atoms with Gasteiger partial charge < -0.3 is 10.2 Å². The van der Waals surface area contributed by atoms with Crippen LogP contribution in [0.15, 0.2) is 6.07 Å². The van der Waals surface area contributed by atoms with E-state index in [2.05, 4.69) is 4.98 Å². The molecule has 0 saturated heterocycles. The molecule has 56 valence electrons. The summed E-state index contributed by atoms with van der Waals surface area (Å²) in [5, 5.41) is 26.3. The van der Waals surface area contributed by atoms with Crippen molar-refractivity contribution in [2.75, 3.05) is 0 Å². The fourth-order valence-electron chi connectivity index (χ4n) is 0.778. The van der Waals surface area contributed by atoms with Gasteiger partial charge in [-0.3, -0.25) is 0 Å². The lowest BCUT2D eigenvalue weighted by Crippen LogP contribution is -1.87. The highest BCUT2D eigenvalue weighted by atomic mass is 16.3. The highest BCUT2D eigenvalue weighted by Crippen LogP contribution is 2.22. The van der Waals surface area contributed by atoms with Crippen molar-refractivity contribution in [2.24, 2.45) is 0 Å². The Hall–Kier alpha value is -1.76. The van der Waals surface area contributed by atoms with E-state index in [1.54, 1.807) is 6.07 Å². The van der Waals surface area contributed by atoms with E-state index in [9.17, 15) is 0 Å². The van der Waals surface area contributed by atoms with Crippen molar-refractivity contribution in [1.82, 2.24) is 4.98 Å². The highest BCUT2D eigenvalue weighted by Gasteiger charge is 2.06. The summed E-state index contributed by atoms with van der Waals surface area (Å²) in [6.45, 7) is 1.54. The number of rotatable bonds is 0. The molecule has 0 atom stereocenters. The average Bonchev–Trinajstić information content (AvgIpc) is 1.85. The Kier molecular flexibility index (Phi) is 1.65. The van der Waals surface area contributed by atoms with Gasteiger partial charge in [-0.2, -0.15) is 5.26 Å². The standard InChI is InChI=1S/C7H6N2O2/c1-4-5(3-8)6(10)2-7(11)9-4/h2H,1H3,(H2,9,10,11). The van der Waals surface area contributed by atoms with E-state index in [-0.39, 0.29) is 17.2 Å². The summed E-state index contributed by atoms with van der Waals surface area (Å²) in [5.41, 5.74) is 0.424. The van der Waals surface area contributed by atoms with Gasteiger partial charge in [-0.25, -0.2) is 4.98 Å². The molecule has 0 spiro atoms. The second-order valence-electron chi connectivity index (χ2n) is 2.07. The van der Waals surface area contributed by atoms with Gasteiger partial charge in [0.25, 0.3) is 0 Å². The van der Waals surface area contributed by atoms with Gasteiger partial charge in [0.15, 0.2) is 0 Å². The van der Waals surface area contributed by atoms with Crippen LogP contribution in [0.1, 0.15) is 11.3 Å². The van der Waals surface area contributed by atoms with E-state index in [1.165, 1.54) is 6.92 Å². The predicted molar refractivity (Wildman–Crippen MR) is 37.0 cm³/mol. The molecule has 4 nitrogen and oxygen atoms in total. The minimum atomic E-state index is -0.279. The lowest BCUT2D eigenvalue weighted by Gasteiger charge is -1.99. The summed E-state index contributed by atoms with van der Waals surface area (Å²) in [4.78, 5) is 3.58. The summed E-state index contributed by atoms with van der Waals surface area (Å²) < 4.78 is 0. The van der Waals surface area contributed by atoms with E-state index in [1.807, 2.05) is 0 Å². The van der Waals surface area contributed by atoms with Gasteiger partial charge >= 0.3 is 0 Å². The quantitative estimate of drug-likeness (QED) is 0.569. The molecule has 0 bridgehead atoms. The van der Waals surface area contributed by atoms with Crippen LogP contribution in [0.25, 0.3) is 0 Å². The number of aromatic nitrogens is 1. The molecule has 0 amide bonds. The maximum atomic E-state index is 9.05. The second kappa shape index (κ2) is 2.46. The minimum absolute atomic E-state index is 0.0998. The summed E-state index contributed by atoms with van der Waals surface area (Å²) >= 11 is 0. The van der Waals surface area contributed by atoms with Crippen LogP contribution in [0, 0.1) is 18.3 Å². The summed E-state index contributed by atoms with van der Waals surface area (Å²) in [6.07, 6.45) is 0. The van der Waals surface area contributed by atoms with E-state index in [0.29, 0.717) is 5.69 Å². The van der Waals surface area contributed by atoms with Crippen LogP contribution in [-0.2, 0) is 0 Å². The first kappa shape index (κ1) is 7.35. The SMILES string of the molecule is Cc1nc(O)cc(O)c1C#N. The van der Waals surface area contributed by atoms with Crippen LogP contribution < -0.4 is 0 Å². The molecule has 0 saturated carbocycles. The molecule has 1 rings (SSSR count). The molecule has 4 heteroatoms. The summed E-state index contributed by atoms with van der Waals surface area (Å²) in [6, 6.07) is 2.80. The Balaban J connectivity index is 3.40. The zero-order valence-electron chi connectivity index (χ0n) is 5.87. The Morgan fingerprint density at radius 3 is 2.64 bits per heavy atom. The van der Waals surface area contributed by atoms with E-state index in [4.69, 9.17) is 15.5 Å². The molecule has 0 unspecified atom stereocenters. The zero-order chi connectivity index (χ0) is 8.43. The first-order valence-electron chi connectivity index (χ1n) is 2.95. The highest BCUT2D eigenvalue weighted by molar-refractivity contribution is 5.46. The fourth-order valence-corrected chi connectivity index (χ4v) is 0.778. The van der Waals surface area contributed by atoms with Gasteiger partial charge in [0, 0.05) is 6.07 Å². The molecule has 0 radical (unpaired) electrons.